The zero-order valence-corrected chi connectivity index (χ0v) is 10.8. The van der Waals surface area contributed by atoms with Crippen LogP contribution in [0, 0.1) is 10.1 Å². The summed E-state index contributed by atoms with van der Waals surface area (Å²) in [6, 6.07) is 5.09. The van der Waals surface area contributed by atoms with E-state index in [0.717, 1.165) is 12.8 Å². The topological polar surface area (TPSA) is 55.2 Å². The van der Waals surface area contributed by atoms with Gasteiger partial charge in [-0.05, 0) is 38.4 Å². The fourth-order valence-corrected chi connectivity index (χ4v) is 2.01. The van der Waals surface area contributed by atoms with Crippen molar-refractivity contribution in [1.29, 1.82) is 0 Å². The van der Waals surface area contributed by atoms with Crippen LogP contribution in [0.1, 0.15) is 25.3 Å². The van der Waals surface area contributed by atoms with Crippen LogP contribution in [0.15, 0.2) is 18.2 Å². The van der Waals surface area contributed by atoms with Gasteiger partial charge in [0.15, 0.2) is 0 Å². The Labute approximate surface area is 106 Å². The van der Waals surface area contributed by atoms with Crippen LogP contribution in [-0.2, 0) is 6.42 Å². The van der Waals surface area contributed by atoms with E-state index in [1.165, 1.54) is 6.07 Å². The van der Waals surface area contributed by atoms with Crippen molar-refractivity contribution < 1.29 is 4.92 Å². The third kappa shape index (κ3) is 3.98. The molecule has 1 rings (SSSR count). The van der Waals surface area contributed by atoms with Crippen molar-refractivity contribution in [2.45, 2.75) is 32.2 Å². The maximum atomic E-state index is 10.9. The van der Waals surface area contributed by atoms with E-state index in [1.54, 1.807) is 12.1 Å². The molecule has 0 spiro atoms. The second-order valence-corrected chi connectivity index (χ2v) is 4.40. The summed E-state index contributed by atoms with van der Waals surface area (Å²) in [5.41, 5.74) is 0.858. The molecule has 0 radical (unpaired) electrons. The van der Waals surface area contributed by atoms with Gasteiger partial charge in [0.25, 0.3) is 5.69 Å². The van der Waals surface area contributed by atoms with Crippen molar-refractivity contribution in [1.82, 2.24) is 5.32 Å². The Morgan fingerprint density at radius 2 is 2.24 bits per heavy atom. The Balaban J connectivity index is 2.81. The van der Waals surface area contributed by atoms with Crippen molar-refractivity contribution in [3.05, 3.63) is 38.9 Å². The molecule has 0 bridgehead atoms. The van der Waals surface area contributed by atoms with Gasteiger partial charge in [-0.15, -0.1) is 0 Å². The number of nitrogens with zero attached hydrogens (tertiary/aromatic N) is 1. The first kappa shape index (κ1) is 13.9. The minimum atomic E-state index is -0.355. The Bertz CT molecular complexity index is 392. The van der Waals surface area contributed by atoms with Gasteiger partial charge in [-0.2, -0.15) is 0 Å². The fourth-order valence-electron chi connectivity index (χ4n) is 1.81. The molecule has 1 unspecified atom stereocenters. The highest BCUT2D eigenvalue weighted by Crippen LogP contribution is 2.24. The van der Waals surface area contributed by atoms with E-state index in [9.17, 15) is 10.1 Å². The first-order chi connectivity index (χ1) is 8.08. The molecule has 0 heterocycles. The van der Waals surface area contributed by atoms with Crippen LogP contribution in [0.3, 0.4) is 0 Å². The van der Waals surface area contributed by atoms with E-state index in [2.05, 4.69) is 12.2 Å². The Morgan fingerprint density at radius 1 is 1.53 bits per heavy atom. The lowest BCUT2D eigenvalue weighted by atomic mass is 10.0. The number of halogens is 1. The highest BCUT2D eigenvalue weighted by atomic mass is 35.5. The average Bonchev–Trinajstić information content (AvgIpc) is 2.30. The van der Waals surface area contributed by atoms with E-state index in [1.807, 2.05) is 7.05 Å². The number of nitrogens with one attached hydrogen (secondary N) is 1. The maximum absolute atomic E-state index is 10.9. The van der Waals surface area contributed by atoms with E-state index >= 15 is 0 Å². The summed E-state index contributed by atoms with van der Waals surface area (Å²) < 4.78 is 0. The van der Waals surface area contributed by atoms with Crippen molar-refractivity contribution in [3.63, 3.8) is 0 Å². The number of hydrogen-bond donors (Lipinski definition) is 1. The van der Waals surface area contributed by atoms with Crippen LogP contribution in [-0.4, -0.2) is 18.0 Å². The van der Waals surface area contributed by atoms with Gasteiger partial charge in [0.1, 0.15) is 0 Å². The molecule has 0 saturated carbocycles. The summed E-state index contributed by atoms with van der Waals surface area (Å²) in [4.78, 5) is 10.5. The highest BCUT2D eigenvalue weighted by Gasteiger charge is 2.14. The van der Waals surface area contributed by atoms with Crippen molar-refractivity contribution >= 4 is 17.3 Å². The minimum absolute atomic E-state index is 0.153. The van der Waals surface area contributed by atoms with Crippen LogP contribution in [0.2, 0.25) is 5.02 Å². The molecule has 17 heavy (non-hydrogen) atoms. The first-order valence-electron chi connectivity index (χ1n) is 5.68. The first-order valence-corrected chi connectivity index (χ1v) is 6.06. The van der Waals surface area contributed by atoms with Crippen LogP contribution < -0.4 is 5.32 Å². The largest absolute Gasteiger partial charge is 0.317 e. The van der Waals surface area contributed by atoms with Gasteiger partial charge in [-0.25, -0.2) is 0 Å². The summed E-state index contributed by atoms with van der Waals surface area (Å²) in [6.07, 6.45) is 2.54. The molecule has 4 nitrogen and oxygen atoms in total. The zero-order valence-electron chi connectivity index (χ0n) is 10.1. The second kappa shape index (κ2) is 6.57. The average molecular weight is 257 g/mol. The quantitative estimate of drug-likeness (QED) is 0.628. The molecule has 5 heteroatoms. The number of nitro benzene ring substituents is 1. The molecule has 1 aromatic carbocycles. The number of benzene rings is 1. The summed E-state index contributed by atoms with van der Waals surface area (Å²) in [6.45, 7) is 2.09. The van der Waals surface area contributed by atoms with Gasteiger partial charge < -0.3 is 5.32 Å². The van der Waals surface area contributed by atoms with E-state index < -0.39 is 0 Å². The molecule has 0 aliphatic carbocycles. The Morgan fingerprint density at radius 3 is 2.76 bits per heavy atom. The van der Waals surface area contributed by atoms with Crippen molar-refractivity contribution in [2.75, 3.05) is 7.05 Å². The Kier molecular flexibility index (Phi) is 5.38. The molecule has 0 saturated heterocycles. The molecule has 94 valence electrons. The molecule has 0 aromatic heterocycles. The van der Waals surface area contributed by atoms with Crippen LogP contribution in [0.25, 0.3) is 0 Å². The van der Waals surface area contributed by atoms with Crippen LogP contribution >= 0.6 is 11.6 Å². The lowest BCUT2D eigenvalue weighted by Crippen LogP contribution is -2.24. The lowest BCUT2D eigenvalue weighted by molar-refractivity contribution is -0.385. The molecule has 0 fully saturated rings. The number of aryl methyl sites for hydroxylation is 1. The molecule has 1 N–H and O–H groups in total. The van der Waals surface area contributed by atoms with E-state index in [-0.39, 0.29) is 10.6 Å². The summed E-state index contributed by atoms with van der Waals surface area (Å²) in [7, 11) is 1.90. The summed E-state index contributed by atoms with van der Waals surface area (Å²) in [5.74, 6) is 0. The summed E-state index contributed by atoms with van der Waals surface area (Å²) >= 11 is 5.87. The molecule has 0 amide bonds. The normalized spacial score (nSPS) is 12.4. The van der Waals surface area contributed by atoms with Gasteiger partial charge >= 0.3 is 0 Å². The summed E-state index contributed by atoms with van der Waals surface area (Å²) in [5, 5.41) is 14.6. The maximum Gasteiger partial charge on any atom is 0.272 e. The predicted molar refractivity (Wildman–Crippen MR) is 69.6 cm³/mol. The van der Waals surface area contributed by atoms with Gasteiger partial charge in [-0.1, -0.05) is 18.5 Å². The zero-order chi connectivity index (χ0) is 12.8. The van der Waals surface area contributed by atoms with Crippen LogP contribution in [0.5, 0.6) is 0 Å². The number of rotatable bonds is 6. The second-order valence-electron chi connectivity index (χ2n) is 3.96. The molecular formula is C12H17ClN2O2. The Hall–Kier alpha value is -1.13. The van der Waals surface area contributed by atoms with E-state index in [4.69, 9.17) is 11.6 Å². The molecule has 1 atom stereocenters. The van der Waals surface area contributed by atoms with Crippen molar-refractivity contribution in [2.24, 2.45) is 0 Å². The monoisotopic (exact) mass is 256 g/mol. The molecule has 0 aliphatic heterocycles. The highest BCUT2D eigenvalue weighted by molar-refractivity contribution is 6.30. The molecule has 1 aromatic rings. The molecule has 0 aliphatic rings. The van der Waals surface area contributed by atoms with Crippen molar-refractivity contribution in [3.8, 4) is 0 Å². The smallest absolute Gasteiger partial charge is 0.272 e. The van der Waals surface area contributed by atoms with Crippen LogP contribution in [0.4, 0.5) is 5.69 Å². The SMILES string of the molecule is CCC(CCc1cc(Cl)ccc1[N+](=O)[O-])NC. The van der Waals surface area contributed by atoms with Gasteiger partial charge in [0, 0.05) is 22.7 Å². The third-order valence-electron chi connectivity index (χ3n) is 2.90. The predicted octanol–water partition coefficient (Wildman–Crippen LogP) is 3.18. The van der Waals surface area contributed by atoms with Gasteiger partial charge in [0.05, 0.1) is 4.92 Å². The standard InChI is InChI=1S/C12H17ClN2O2/c1-3-11(14-2)6-4-9-8-10(13)5-7-12(9)15(16)17/h5,7-8,11,14H,3-4,6H2,1-2H3. The van der Waals surface area contributed by atoms with Gasteiger partial charge in [0.2, 0.25) is 0 Å². The minimum Gasteiger partial charge on any atom is -0.317 e. The van der Waals surface area contributed by atoms with Gasteiger partial charge in [-0.3, -0.25) is 10.1 Å². The third-order valence-corrected chi connectivity index (χ3v) is 3.14. The lowest BCUT2D eigenvalue weighted by Gasteiger charge is -2.13. The fraction of sp³-hybridized carbons (Fsp3) is 0.500. The van der Waals surface area contributed by atoms with E-state index in [0.29, 0.717) is 23.0 Å². The number of nitro groups is 1. The number of hydrogen-bond acceptors (Lipinski definition) is 3. The molecular weight excluding hydrogens is 240 g/mol.